The Bertz CT molecular complexity index is 346. The van der Waals surface area contributed by atoms with Crippen molar-refractivity contribution in [3.05, 3.63) is 16.4 Å². The first-order chi connectivity index (χ1) is 8.74. The molecule has 3 N–H and O–H groups in total. The van der Waals surface area contributed by atoms with Crippen molar-refractivity contribution in [3.8, 4) is 0 Å². The van der Waals surface area contributed by atoms with Gasteiger partial charge in [-0.2, -0.15) is 5.10 Å². The maximum atomic E-state index is 5.61. The summed E-state index contributed by atoms with van der Waals surface area (Å²) in [4.78, 5) is 0. The van der Waals surface area contributed by atoms with Gasteiger partial charge in [0.1, 0.15) is 0 Å². The molecule has 0 saturated carbocycles. The zero-order chi connectivity index (χ0) is 13.4. The van der Waals surface area contributed by atoms with E-state index in [1.807, 2.05) is 11.6 Å². The van der Waals surface area contributed by atoms with Gasteiger partial charge >= 0.3 is 0 Å². The van der Waals surface area contributed by atoms with Crippen molar-refractivity contribution >= 4 is 15.9 Å². The second-order valence-corrected chi connectivity index (χ2v) is 4.65. The monoisotopic (exact) mass is 320 g/mol. The molecule has 0 fully saturated rings. The highest BCUT2D eigenvalue weighted by Crippen LogP contribution is 2.25. The average molecular weight is 321 g/mol. The van der Waals surface area contributed by atoms with Crippen molar-refractivity contribution in [2.24, 2.45) is 5.84 Å². The zero-order valence-electron chi connectivity index (χ0n) is 10.9. The number of hydrogen-bond donors (Lipinski definition) is 2. The summed E-state index contributed by atoms with van der Waals surface area (Å²) < 4.78 is 13.3. The maximum absolute atomic E-state index is 5.61. The quantitative estimate of drug-likeness (QED) is 0.406. The summed E-state index contributed by atoms with van der Waals surface area (Å²) in [6.07, 6.45) is 2.57. The van der Waals surface area contributed by atoms with Crippen LogP contribution in [0, 0.1) is 0 Å². The standard InChI is InChI=1S/C11H21BrN4O2/c1-3-18-6-4-10(15-13)11-9(12)8-14-16(11)5-7-17-2/h8,10,15H,3-7,13H2,1-2H3. The van der Waals surface area contributed by atoms with Gasteiger partial charge in [-0.1, -0.05) is 0 Å². The SMILES string of the molecule is CCOCCC(NN)c1c(Br)cnn1CCOC. The fourth-order valence-corrected chi connectivity index (χ4v) is 2.29. The molecule has 0 aliphatic carbocycles. The largest absolute Gasteiger partial charge is 0.383 e. The molecule has 0 bridgehead atoms. The fourth-order valence-electron chi connectivity index (χ4n) is 1.72. The highest BCUT2D eigenvalue weighted by Gasteiger charge is 2.18. The lowest BCUT2D eigenvalue weighted by Crippen LogP contribution is -2.31. The Hall–Kier alpha value is -0.470. The summed E-state index contributed by atoms with van der Waals surface area (Å²) in [5.74, 6) is 5.61. The van der Waals surface area contributed by atoms with Crippen molar-refractivity contribution in [2.75, 3.05) is 26.9 Å². The lowest BCUT2D eigenvalue weighted by molar-refractivity contribution is 0.134. The van der Waals surface area contributed by atoms with Gasteiger partial charge in [0.15, 0.2) is 0 Å². The minimum absolute atomic E-state index is 0.00489. The molecular formula is C11H21BrN4O2. The molecule has 1 unspecified atom stereocenters. The Morgan fingerprint density at radius 3 is 2.94 bits per heavy atom. The molecule has 1 atom stereocenters. The number of hydrazine groups is 1. The molecule has 0 spiro atoms. The van der Waals surface area contributed by atoms with Crippen LogP contribution in [0.5, 0.6) is 0 Å². The minimum atomic E-state index is 0.00489. The van der Waals surface area contributed by atoms with E-state index in [-0.39, 0.29) is 6.04 Å². The van der Waals surface area contributed by atoms with E-state index in [4.69, 9.17) is 15.3 Å². The van der Waals surface area contributed by atoms with Crippen LogP contribution in [0.2, 0.25) is 0 Å². The number of aromatic nitrogens is 2. The molecule has 0 aliphatic heterocycles. The number of rotatable bonds is 9. The third kappa shape index (κ3) is 4.33. The average Bonchev–Trinajstić information content (AvgIpc) is 2.74. The van der Waals surface area contributed by atoms with Gasteiger partial charge in [-0.25, -0.2) is 0 Å². The van der Waals surface area contributed by atoms with Crippen molar-refractivity contribution in [1.82, 2.24) is 15.2 Å². The third-order valence-electron chi connectivity index (χ3n) is 2.63. The van der Waals surface area contributed by atoms with Crippen LogP contribution >= 0.6 is 15.9 Å². The van der Waals surface area contributed by atoms with Crippen LogP contribution in [0.15, 0.2) is 10.7 Å². The number of nitrogens with two attached hydrogens (primary N) is 1. The van der Waals surface area contributed by atoms with Crippen LogP contribution in [0.4, 0.5) is 0 Å². The molecule has 0 aromatic carbocycles. The molecule has 1 aromatic rings. The molecule has 104 valence electrons. The number of nitrogens with zero attached hydrogens (tertiary/aromatic N) is 2. The Kier molecular flexibility index (Phi) is 7.45. The number of ether oxygens (including phenoxy) is 2. The smallest absolute Gasteiger partial charge is 0.0711 e. The van der Waals surface area contributed by atoms with Gasteiger partial charge in [0.25, 0.3) is 0 Å². The van der Waals surface area contributed by atoms with Crippen LogP contribution in [-0.4, -0.2) is 36.7 Å². The first-order valence-corrected chi connectivity index (χ1v) is 6.77. The zero-order valence-corrected chi connectivity index (χ0v) is 12.4. The summed E-state index contributed by atoms with van der Waals surface area (Å²) >= 11 is 3.50. The topological polar surface area (TPSA) is 74.3 Å². The van der Waals surface area contributed by atoms with Gasteiger partial charge in [-0.15, -0.1) is 0 Å². The van der Waals surface area contributed by atoms with Crippen LogP contribution in [0.1, 0.15) is 25.1 Å². The molecule has 7 heteroatoms. The van der Waals surface area contributed by atoms with Crippen molar-refractivity contribution in [3.63, 3.8) is 0 Å². The highest BCUT2D eigenvalue weighted by atomic mass is 79.9. The molecule has 0 saturated heterocycles. The molecule has 0 aliphatic rings. The Morgan fingerprint density at radius 1 is 1.56 bits per heavy atom. The van der Waals surface area contributed by atoms with Gasteiger partial charge in [-0.3, -0.25) is 16.0 Å². The number of nitrogens with one attached hydrogen (secondary N) is 1. The predicted molar refractivity (Wildman–Crippen MR) is 73.0 cm³/mol. The number of methoxy groups -OCH3 is 1. The highest BCUT2D eigenvalue weighted by molar-refractivity contribution is 9.10. The Balaban J connectivity index is 2.73. The van der Waals surface area contributed by atoms with E-state index in [1.54, 1.807) is 13.3 Å². The second kappa shape index (κ2) is 8.60. The summed E-state index contributed by atoms with van der Waals surface area (Å²) in [5, 5.41) is 4.30. The molecule has 0 radical (unpaired) electrons. The van der Waals surface area contributed by atoms with Gasteiger partial charge in [0.05, 0.1) is 35.6 Å². The number of hydrogen-bond acceptors (Lipinski definition) is 5. The summed E-state index contributed by atoms with van der Waals surface area (Å²) in [7, 11) is 1.67. The van der Waals surface area contributed by atoms with Crippen molar-refractivity contribution in [1.29, 1.82) is 0 Å². The summed E-state index contributed by atoms with van der Waals surface area (Å²) in [6, 6.07) is 0.00489. The van der Waals surface area contributed by atoms with Crippen LogP contribution in [0.3, 0.4) is 0 Å². The van der Waals surface area contributed by atoms with Gasteiger partial charge in [0.2, 0.25) is 0 Å². The van der Waals surface area contributed by atoms with E-state index < -0.39 is 0 Å². The van der Waals surface area contributed by atoms with Gasteiger partial charge in [-0.05, 0) is 29.3 Å². The van der Waals surface area contributed by atoms with E-state index in [9.17, 15) is 0 Å². The van der Waals surface area contributed by atoms with Crippen molar-refractivity contribution < 1.29 is 9.47 Å². The molecule has 18 heavy (non-hydrogen) atoms. The normalized spacial score (nSPS) is 12.9. The fraction of sp³-hybridized carbons (Fsp3) is 0.727. The minimum Gasteiger partial charge on any atom is -0.383 e. The Labute approximate surface area is 116 Å². The van der Waals surface area contributed by atoms with Crippen LogP contribution < -0.4 is 11.3 Å². The van der Waals surface area contributed by atoms with E-state index in [1.165, 1.54) is 0 Å². The van der Waals surface area contributed by atoms with E-state index in [0.717, 1.165) is 16.6 Å². The van der Waals surface area contributed by atoms with Gasteiger partial charge in [0, 0.05) is 20.3 Å². The summed E-state index contributed by atoms with van der Waals surface area (Å²) in [5.41, 5.74) is 3.83. The molecule has 1 aromatic heterocycles. The lowest BCUT2D eigenvalue weighted by atomic mass is 10.1. The van der Waals surface area contributed by atoms with Crippen LogP contribution in [-0.2, 0) is 16.0 Å². The first kappa shape index (κ1) is 15.6. The molecule has 1 rings (SSSR count). The van der Waals surface area contributed by atoms with E-state index in [2.05, 4.69) is 26.5 Å². The lowest BCUT2D eigenvalue weighted by Gasteiger charge is -2.18. The maximum Gasteiger partial charge on any atom is 0.0711 e. The molecular weight excluding hydrogens is 300 g/mol. The van der Waals surface area contributed by atoms with E-state index in [0.29, 0.717) is 26.4 Å². The first-order valence-electron chi connectivity index (χ1n) is 5.98. The number of halogens is 1. The van der Waals surface area contributed by atoms with Gasteiger partial charge < -0.3 is 9.47 Å². The predicted octanol–water partition coefficient (Wildman–Crippen LogP) is 1.22. The molecule has 1 heterocycles. The third-order valence-corrected chi connectivity index (χ3v) is 3.24. The molecule has 6 nitrogen and oxygen atoms in total. The molecule has 0 amide bonds. The Morgan fingerprint density at radius 2 is 2.33 bits per heavy atom. The second-order valence-electron chi connectivity index (χ2n) is 3.80. The van der Waals surface area contributed by atoms with Crippen molar-refractivity contribution in [2.45, 2.75) is 25.9 Å². The van der Waals surface area contributed by atoms with E-state index >= 15 is 0 Å². The summed E-state index contributed by atoms with van der Waals surface area (Å²) in [6.45, 7) is 4.66. The van der Waals surface area contributed by atoms with Crippen LogP contribution in [0.25, 0.3) is 0 Å².